The number of carbonyl (C=O) groups is 1. The predicted octanol–water partition coefficient (Wildman–Crippen LogP) is 2.52. The number of nitrogens with one attached hydrogen (secondary N) is 2. The Bertz CT molecular complexity index is 748. The van der Waals surface area contributed by atoms with E-state index >= 15 is 0 Å². The number of nitrogens with zero attached hydrogens (tertiary/aromatic N) is 2. The zero-order valence-electron chi connectivity index (χ0n) is 10.3. The largest absolute Gasteiger partial charge is 0.345 e. The molecule has 0 bridgehead atoms. The number of anilines is 1. The highest BCUT2D eigenvalue weighted by atomic mass is 16.1. The third-order valence-electron chi connectivity index (χ3n) is 2.92. The molecule has 2 heterocycles. The second-order valence-corrected chi connectivity index (χ2v) is 4.26. The summed E-state index contributed by atoms with van der Waals surface area (Å²) in [5.41, 5.74) is 3.18. The summed E-state index contributed by atoms with van der Waals surface area (Å²) < 4.78 is 0. The van der Waals surface area contributed by atoms with Crippen LogP contribution in [0.4, 0.5) is 5.82 Å². The summed E-state index contributed by atoms with van der Waals surface area (Å²) in [6.07, 6.45) is 3.26. The first kappa shape index (κ1) is 11.4. The third kappa shape index (κ3) is 2.18. The maximum Gasteiger partial charge on any atom is 0.256 e. The highest BCUT2D eigenvalue weighted by Gasteiger charge is 2.09. The van der Waals surface area contributed by atoms with Crippen LogP contribution in [-0.4, -0.2) is 20.9 Å². The summed E-state index contributed by atoms with van der Waals surface area (Å²) in [6, 6.07) is 9.07. The Balaban J connectivity index is 1.89. The quantitative estimate of drug-likeness (QED) is 0.736. The highest BCUT2D eigenvalue weighted by Crippen LogP contribution is 2.14. The molecule has 1 amide bonds. The maximum absolute atomic E-state index is 12.1. The Kier molecular flexibility index (Phi) is 2.72. The van der Waals surface area contributed by atoms with E-state index in [1.807, 2.05) is 25.1 Å². The van der Waals surface area contributed by atoms with Crippen molar-refractivity contribution < 1.29 is 4.79 Å². The molecule has 0 atom stereocenters. The minimum atomic E-state index is -0.182. The molecule has 0 fully saturated rings. The van der Waals surface area contributed by atoms with Crippen LogP contribution in [0.1, 0.15) is 15.9 Å². The van der Waals surface area contributed by atoms with E-state index in [0.29, 0.717) is 11.4 Å². The Labute approximate surface area is 109 Å². The Hall–Kier alpha value is -2.69. The summed E-state index contributed by atoms with van der Waals surface area (Å²) in [5, 5.41) is 2.80. The van der Waals surface area contributed by atoms with Gasteiger partial charge in [0.05, 0.1) is 17.4 Å². The van der Waals surface area contributed by atoms with E-state index in [0.717, 1.165) is 16.6 Å². The number of rotatable bonds is 2. The number of aromatic nitrogens is 3. The number of benzene rings is 1. The number of pyridine rings is 1. The van der Waals surface area contributed by atoms with Gasteiger partial charge in [-0.25, -0.2) is 9.97 Å². The molecule has 0 aliphatic heterocycles. The fourth-order valence-electron chi connectivity index (χ4n) is 1.87. The molecule has 3 aromatic rings. The number of aryl methyl sites for hydroxylation is 1. The van der Waals surface area contributed by atoms with Crippen molar-refractivity contribution in [2.45, 2.75) is 6.92 Å². The molecule has 0 spiro atoms. The van der Waals surface area contributed by atoms with E-state index in [1.165, 1.54) is 0 Å². The second-order valence-electron chi connectivity index (χ2n) is 4.26. The topological polar surface area (TPSA) is 70.7 Å². The van der Waals surface area contributed by atoms with Crippen molar-refractivity contribution in [3.8, 4) is 0 Å². The Morgan fingerprint density at radius 2 is 2.16 bits per heavy atom. The van der Waals surface area contributed by atoms with Crippen molar-refractivity contribution in [2.24, 2.45) is 0 Å². The van der Waals surface area contributed by atoms with E-state index in [-0.39, 0.29) is 5.91 Å². The molecule has 0 saturated carbocycles. The van der Waals surface area contributed by atoms with Gasteiger partial charge in [-0.1, -0.05) is 6.07 Å². The summed E-state index contributed by atoms with van der Waals surface area (Å²) in [7, 11) is 0. The van der Waals surface area contributed by atoms with E-state index in [1.54, 1.807) is 24.7 Å². The van der Waals surface area contributed by atoms with Crippen molar-refractivity contribution in [1.29, 1.82) is 0 Å². The molecule has 2 N–H and O–H groups in total. The van der Waals surface area contributed by atoms with Gasteiger partial charge in [0.25, 0.3) is 5.91 Å². The lowest BCUT2D eigenvalue weighted by Crippen LogP contribution is -2.13. The number of fused-ring (bicyclic) bond motifs is 1. The van der Waals surface area contributed by atoms with Crippen molar-refractivity contribution in [3.05, 3.63) is 54.0 Å². The minimum Gasteiger partial charge on any atom is -0.345 e. The second kappa shape index (κ2) is 4.53. The molecule has 0 radical (unpaired) electrons. The van der Waals surface area contributed by atoms with E-state index in [9.17, 15) is 4.79 Å². The van der Waals surface area contributed by atoms with Gasteiger partial charge in [0.2, 0.25) is 0 Å². The van der Waals surface area contributed by atoms with Gasteiger partial charge in [-0.05, 0) is 36.8 Å². The lowest BCUT2D eigenvalue weighted by atomic mass is 10.2. The van der Waals surface area contributed by atoms with Gasteiger partial charge >= 0.3 is 0 Å². The molecule has 0 aliphatic rings. The fraction of sp³-hybridized carbons (Fsp3) is 0.0714. The maximum atomic E-state index is 12.1. The Morgan fingerprint density at radius 3 is 3.00 bits per heavy atom. The van der Waals surface area contributed by atoms with Crippen LogP contribution < -0.4 is 5.32 Å². The molecule has 0 aliphatic carbocycles. The SMILES string of the molecule is Cc1cccnc1NC(=O)c1ccc2nc[nH]c2c1. The molecule has 94 valence electrons. The number of aromatic amines is 1. The van der Waals surface area contributed by atoms with Gasteiger partial charge in [-0.15, -0.1) is 0 Å². The van der Waals surface area contributed by atoms with Gasteiger partial charge in [0.15, 0.2) is 0 Å². The van der Waals surface area contributed by atoms with Crippen LogP contribution in [0.15, 0.2) is 42.9 Å². The van der Waals surface area contributed by atoms with Crippen LogP contribution in [0.25, 0.3) is 11.0 Å². The molecule has 0 saturated heterocycles. The average Bonchev–Trinajstić information content (AvgIpc) is 2.88. The normalized spacial score (nSPS) is 10.6. The first-order valence-electron chi connectivity index (χ1n) is 5.90. The summed E-state index contributed by atoms with van der Waals surface area (Å²) >= 11 is 0. The van der Waals surface area contributed by atoms with E-state index in [4.69, 9.17) is 0 Å². The first-order valence-corrected chi connectivity index (χ1v) is 5.90. The molecule has 19 heavy (non-hydrogen) atoms. The lowest BCUT2D eigenvalue weighted by molar-refractivity contribution is 0.102. The van der Waals surface area contributed by atoms with Crippen molar-refractivity contribution in [1.82, 2.24) is 15.0 Å². The van der Waals surface area contributed by atoms with Crippen molar-refractivity contribution in [3.63, 3.8) is 0 Å². The zero-order valence-corrected chi connectivity index (χ0v) is 10.3. The van der Waals surface area contributed by atoms with Gasteiger partial charge < -0.3 is 10.3 Å². The van der Waals surface area contributed by atoms with E-state index < -0.39 is 0 Å². The highest BCUT2D eigenvalue weighted by molar-refractivity contribution is 6.05. The molecule has 1 aromatic carbocycles. The molecule has 5 nitrogen and oxygen atoms in total. The molecule has 2 aromatic heterocycles. The summed E-state index contributed by atoms with van der Waals surface area (Å²) in [6.45, 7) is 1.90. The van der Waals surface area contributed by atoms with Crippen molar-refractivity contribution >= 4 is 22.8 Å². The van der Waals surface area contributed by atoms with Crippen LogP contribution in [-0.2, 0) is 0 Å². The van der Waals surface area contributed by atoms with Crippen molar-refractivity contribution in [2.75, 3.05) is 5.32 Å². The van der Waals surface area contributed by atoms with E-state index in [2.05, 4.69) is 20.3 Å². The summed E-state index contributed by atoms with van der Waals surface area (Å²) in [5.74, 6) is 0.399. The third-order valence-corrected chi connectivity index (χ3v) is 2.92. The molecule has 5 heteroatoms. The standard InChI is InChI=1S/C14H12N4O/c1-9-3-2-6-15-13(9)18-14(19)10-4-5-11-12(7-10)17-8-16-11/h2-8H,1H3,(H,16,17)(H,15,18,19). The number of amides is 1. The van der Waals surface area contributed by atoms with Crippen LogP contribution in [0.5, 0.6) is 0 Å². The van der Waals surface area contributed by atoms with Gasteiger partial charge in [-0.2, -0.15) is 0 Å². The monoisotopic (exact) mass is 252 g/mol. The average molecular weight is 252 g/mol. The number of hydrogen-bond acceptors (Lipinski definition) is 3. The smallest absolute Gasteiger partial charge is 0.256 e. The molecular weight excluding hydrogens is 240 g/mol. The molecule has 0 unspecified atom stereocenters. The fourth-order valence-corrected chi connectivity index (χ4v) is 1.87. The minimum absolute atomic E-state index is 0.182. The van der Waals surface area contributed by atoms with Crippen LogP contribution in [0, 0.1) is 6.92 Å². The summed E-state index contributed by atoms with van der Waals surface area (Å²) in [4.78, 5) is 23.4. The first-order chi connectivity index (χ1) is 9.24. The van der Waals surface area contributed by atoms with Gasteiger partial charge in [0, 0.05) is 11.8 Å². The predicted molar refractivity (Wildman–Crippen MR) is 73.0 cm³/mol. The lowest BCUT2D eigenvalue weighted by Gasteiger charge is -2.06. The molecule has 3 rings (SSSR count). The molecular formula is C14H12N4O. The number of imidazole rings is 1. The van der Waals surface area contributed by atoms with Crippen LogP contribution >= 0.6 is 0 Å². The van der Waals surface area contributed by atoms with Crippen LogP contribution in [0.3, 0.4) is 0 Å². The Morgan fingerprint density at radius 1 is 1.26 bits per heavy atom. The van der Waals surface area contributed by atoms with Gasteiger partial charge in [-0.3, -0.25) is 4.79 Å². The number of H-pyrrole nitrogens is 1. The number of carbonyl (C=O) groups excluding carboxylic acids is 1. The number of hydrogen-bond donors (Lipinski definition) is 2. The van der Waals surface area contributed by atoms with Crippen LogP contribution in [0.2, 0.25) is 0 Å². The zero-order chi connectivity index (χ0) is 13.2. The van der Waals surface area contributed by atoms with Gasteiger partial charge in [0.1, 0.15) is 5.82 Å².